The molecule has 0 fully saturated rings. The van der Waals surface area contributed by atoms with E-state index in [0.29, 0.717) is 10.5 Å². The number of nitrogens with zero attached hydrogens (tertiary/aromatic N) is 4. The zero-order valence-electron chi connectivity index (χ0n) is 14.9. The Morgan fingerprint density at radius 1 is 1.28 bits per heavy atom. The summed E-state index contributed by atoms with van der Waals surface area (Å²) in [6, 6.07) is 11.3. The van der Waals surface area contributed by atoms with Crippen LogP contribution in [0.3, 0.4) is 0 Å². The van der Waals surface area contributed by atoms with E-state index >= 15 is 0 Å². The summed E-state index contributed by atoms with van der Waals surface area (Å²) in [4.78, 5) is 16.0. The standard InChI is InChI=1S/C19H12ClF3N4O2/c1-11-16-7-4-13(20)8-17(16)26-27(11)10-14(9-24)25-18(28)12-2-5-15(6-3-12)29-19(21,22)23/h2-8H,10H2,1H3/b25-14+. The highest BCUT2D eigenvalue weighted by molar-refractivity contribution is 6.31. The molecule has 0 aliphatic carbocycles. The van der Waals surface area contributed by atoms with Gasteiger partial charge in [-0.1, -0.05) is 11.6 Å². The van der Waals surface area contributed by atoms with E-state index in [2.05, 4.69) is 14.8 Å². The number of hydrogen-bond donors (Lipinski definition) is 0. The molecule has 0 unspecified atom stereocenters. The van der Waals surface area contributed by atoms with Crippen molar-refractivity contribution in [1.29, 1.82) is 5.26 Å². The molecule has 0 bridgehead atoms. The number of aliphatic imine (C=N–C) groups is 1. The largest absolute Gasteiger partial charge is 0.573 e. The number of benzene rings is 2. The average Bonchev–Trinajstić information content (AvgIpc) is 2.95. The van der Waals surface area contributed by atoms with Crippen LogP contribution in [-0.2, 0) is 6.54 Å². The maximum absolute atomic E-state index is 12.3. The van der Waals surface area contributed by atoms with Crippen LogP contribution in [0.15, 0.2) is 47.5 Å². The first-order chi connectivity index (χ1) is 13.7. The lowest BCUT2D eigenvalue weighted by molar-refractivity contribution is -0.274. The highest BCUT2D eigenvalue weighted by Gasteiger charge is 2.31. The number of aromatic nitrogens is 2. The van der Waals surface area contributed by atoms with E-state index in [0.717, 1.165) is 35.3 Å². The van der Waals surface area contributed by atoms with E-state index in [4.69, 9.17) is 11.6 Å². The van der Waals surface area contributed by atoms with Gasteiger partial charge in [-0.25, -0.2) is 4.99 Å². The fraction of sp³-hybridized carbons (Fsp3) is 0.158. The van der Waals surface area contributed by atoms with Crippen LogP contribution in [-0.4, -0.2) is 27.8 Å². The second kappa shape index (κ2) is 7.93. The van der Waals surface area contributed by atoms with Gasteiger partial charge < -0.3 is 4.74 Å². The van der Waals surface area contributed by atoms with Crippen LogP contribution >= 0.6 is 11.6 Å². The van der Waals surface area contributed by atoms with Gasteiger partial charge in [-0.05, 0) is 49.4 Å². The molecule has 0 aliphatic heterocycles. The summed E-state index contributed by atoms with van der Waals surface area (Å²) in [5.74, 6) is -1.23. The van der Waals surface area contributed by atoms with Crippen molar-refractivity contribution in [2.45, 2.75) is 19.8 Å². The number of carbonyl (C=O) groups is 1. The number of halogens is 4. The van der Waals surface area contributed by atoms with Crippen LogP contribution in [0.4, 0.5) is 13.2 Å². The predicted octanol–water partition coefficient (Wildman–Crippen LogP) is 4.70. The van der Waals surface area contributed by atoms with Crippen LogP contribution in [0.1, 0.15) is 16.1 Å². The van der Waals surface area contributed by atoms with Crippen molar-refractivity contribution in [2.24, 2.45) is 4.99 Å². The summed E-state index contributed by atoms with van der Waals surface area (Å²) >= 11 is 5.96. The van der Waals surface area contributed by atoms with E-state index in [1.807, 2.05) is 6.07 Å². The van der Waals surface area contributed by atoms with Crippen molar-refractivity contribution < 1.29 is 22.7 Å². The predicted molar refractivity (Wildman–Crippen MR) is 100.0 cm³/mol. The molecule has 0 saturated heterocycles. The first kappa shape index (κ1) is 20.4. The fourth-order valence-corrected chi connectivity index (χ4v) is 2.78. The Balaban J connectivity index is 1.80. The van der Waals surface area contributed by atoms with Crippen molar-refractivity contribution in [2.75, 3.05) is 0 Å². The van der Waals surface area contributed by atoms with Gasteiger partial charge in [0, 0.05) is 21.7 Å². The molecule has 0 spiro atoms. The van der Waals surface area contributed by atoms with Crippen LogP contribution in [0.25, 0.3) is 10.9 Å². The van der Waals surface area contributed by atoms with E-state index in [-0.39, 0.29) is 17.8 Å². The van der Waals surface area contributed by atoms with Crippen molar-refractivity contribution in [3.8, 4) is 11.8 Å². The van der Waals surface area contributed by atoms with Gasteiger partial charge in [-0.15, -0.1) is 13.2 Å². The summed E-state index contributed by atoms with van der Waals surface area (Å²) in [6.07, 6.45) is -4.83. The Bertz CT molecular complexity index is 1150. The molecule has 0 aliphatic rings. The summed E-state index contributed by atoms with van der Waals surface area (Å²) in [7, 11) is 0. The number of fused-ring (bicyclic) bond motifs is 1. The van der Waals surface area contributed by atoms with E-state index in [9.17, 15) is 23.2 Å². The zero-order valence-corrected chi connectivity index (χ0v) is 15.6. The Kier molecular flexibility index (Phi) is 5.57. The SMILES string of the molecule is Cc1c2ccc(Cl)cc2nn1C/C(C#N)=N/C(=O)c1ccc(OC(F)(F)F)cc1. The molecule has 0 N–H and O–H groups in total. The molecule has 148 valence electrons. The molecular formula is C19H12ClF3N4O2. The average molecular weight is 421 g/mol. The Hall–Kier alpha value is -3.38. The molecule has 0 atom stereocenters. The minimum absolute atomic E-state index is 0.0152. The number of hydrogen-bond acceptors (Lipinski definition) is 4. The second-order valence-corrected chi connectivity index (χ2v) is 6.39. The number of carbonyl (C=O) groups excluding carboxylic acids is 1. The minimum Gasteiger partial charge on any atom is -0.406 e. The van der Waals surface area contributed by atoms with E-state index in [1.165, 1.54) is 4.68 Å². The molecule has 6 nitrogen and oxygen atoms in total. The maximum atomic E-state index is 12.3. The number of amides is 1. The van der Waals surface area contributed by atoms with Crippen molar-refractivity contribution >= 4 is 34.1 Å². The third-order valence-corrected chi connectivity index (χ3v) is 4.20. The summed E-state index contributed by atoms with van der Waals surface area (Å²) in [6.45, 7) is 1.76. The van der Waals surface area contributed by atoms with Crippen molar-refractivity contribution in [1.82, 2.24) is 9.78 Å². The normalized spacial score (nSPS) is 12.1. The first-order valence-electron chi connectivity index (χ1n) is 8.17. The lowest BCUT2D eigenvalue weighted by Crippen LogP contribution is -2.17. The van der Waals surface area contributed by atoms with Gasteiger partial charge in [0.15, 0.2) is 0 Å². The Labute approximate surface area is 167 Å². The van der Waals surface area contributed by atoms with E-state index < -0.39 is 18.0 Å². The smallest absolute Gasteiger partial charge is 0.406 e. The molecule has 0 saturated carbocycles. The van der Waals surface area contributed by atoms with Gasteiger partial charge in [0.25, 0.3) is 5.91 Å². The van der Waals surface area contributed by atoms with Crippen LogP contribution < -0.4 is 4.74 Å². The second-order valence-electron chi connectivity index (χ2n) is 5.95. The van der Waals surface area contributed by atoms with Crippen molar-refractivity contribution in [3.05, 3.63) is 58.7 Å². The highest BCUT2D eigenvalue weighted by atomic mass is 35.5. The van der Waals surface area contributed by atoms with Crippen LogP contribution in [0, 0.1) is 18.3 Å². The third-order valence-electron chi connectivity index (χ3n) is 3.97. The van der Waals surface area contributed by atoms with Crippen molar-refractivity contribution in [3.63, 3.8) is 0 Å². The summed E-state index contributed by atoms with van der Waals surface area (Å²) < 4.78 is 41.9. The molecule has 3 rings (SSSR count). The molecule has 3 aromatic rings. The molecule has 0 radical (unpaired) electrons. The van der Waals surface area contributed by atoms with E-state index in [1.54, 1.807) is 25.1 Å². The molecule has 29 heavy (non-hydrogen) atoms. The minimum atomic E-state index is -4.83. The number of aryl methyl sites for hydroxylation is 1. The van der Waals surface area contributed by atoms with Gasteiger partial charge in [-0.3, -0.25) is 9.48 Å². The third kappa shape index (κ3) is 4.92. The number of nitriles is 1. The molecule has 1 aromatic heterocycles. The Morgan fingerprint density at radius 2 is 1.97 bits per heavy atom. The summed E-state index contributed by atoms with van der Waals surface area (Å²) in [5.41, 5.74) is 1.31. The molecule has 1 amide bonds. The Morgan fingerprint density at radius 3 is 2.59 bits per heavy atom. The lowest BCUT2D eigenvalue weighted by Gasteiger charge is -2.08. The number of rotatable bonds is 4. The zero-order chi connectivity index (χ0) is 21.2. The molecule has 10 heteroatoms. The quantitative estimate of drug-likeness (QED) is 0.573. The van der Waals surface area contributed by atoms with Crippen LogP contribution in [0.5, 0.6) is 5.75 Å². The first-order valence-corrected chi connectivity index (χ1v) is 8.54. The van der Waals surface area contributed by atoms with Gasteiger partial charge in [0.05, 0.1) is 12.1 Å². The lowest BCUT2D eigenvalue weighted by atomic mass is 10.2. The maximum Gasteiger partial charge on any atom is 0.573 e. The number of ether oxygens (including phenoxy) is 1. The summed E-state index contributed by atoms with van der Waals surface area (Å²) in [5, 5.41) is 15.0. The van der Waals surface area contributed by atoms with Gasteiger partial charge in [-0.2, -0.15) is 10.4 Å². The highest BCUT2D eigenvalue weighted by Crippen LogP contribution is 2.23. The molecule has 2 aromatic carbocycles. The van der Waals surface area contributed by atoms with Gasteiger partial charge in [0.1, 0.15) is 17.5 Å². The molecular weight excluding hydrogens is 409 g/mol. The van der Waals surface area contributed by atoms with Crippen LogP contribution in [0.2, 0.25) is 5.02 Å². The number of alkyl halides is 3. The molecule has 1 heterocycles. The monoisotopic (exact) mass is 420 g/mol. The topological polar surface area (TPSA) is 80.3 Å². The fourth-order valence-electron chi connectivity index (χ4n) is 2.62. The van der Waals surface area contributed by atoms with Gasteiger partial charge >= 0.3 is 6.36 Å². The van der Waals surface area contributed by atoms with Gasteiger partial charge in [0.2, 0.25) is 0 Å².